The summed E-state index contributed by atoms with van der Waals surface area (Å²) in [5, 5.41) is 3.10. The molecule has 1 heterocycles. The van der Waals surface area contributed by atoms with Crippen LogP contribution < -0.4 is 11.1 Å². The molecule has 3 atom stereocenters. The minimum Gasteiger partial charge on any atom is -0.352 e. The van der Waals surface area contributed by atoms with Gasteiger partial charge in [0.1, 0.15) is 0 Å². The summed E-state index contributed by atoms with van der Waals surface area (Å²) < 4.78 is 0. The number of rotatable bonds is 7. The Hall–Kier alpha value is -1.10. The summed E-state index contributed by atoms with van der Waals surface area (Å²) in [4.78, 5) is 14.5. The van der Waals surface area contributed by atoms with Crippen molar-refractivity contribution in [1.82, 2.24) is 10.2 Å². The predicted octanol–water partition coefficient (Wildman–Crippen LogP) is 2.56. The Balaban J connectivity index is 0.00000264. The number of hydrogen-bond acceptors (Lipinski definition) is 3. The van der Waals surface area contributed by atoms with Gasteiger partial charge in [-0.25, -0.2) is 0 Å². The van der Waals surface area contributed by atoms with Gasteiger partial charge in [-0.2, -0.15) is 0 Å². The van der Waals surface area contributed by atoms with Crippen LogP contribution in [0.3, 0.4) is 0 Å². The molecule has 130 valence electrons. The first-order chi connectivity index (χ1) is 10.6. The highest BCUT2D eigenvalue weighted by atomic mass is 35.5. The Morgan fingerprint density at radius 1 is 1.39 bits per heavy atom. The molecule has 23 heavy (non-hydrogen) atoms. The number of halogens is 1. The third-order valence-corrected chi connectivity index (χ3v) is 4.57. The van der Waals surface area contributed by atoms with E-state index in [1.807, 2.05) is 6.07 Å². The minimum atomic E-state index is -0.366. The van der Waals surface area contributed by atoms with Crippen LogP contribution in [0.1, 0.15) is 38.7 Å². The summed E-state index contributed by atoms with van der Waals surface area (Å²) in [6, 6.07) is 10.4. The number of nitrogens with one attached hydrogen (secondary N) is 1. The quantitative estimate of drug-likeness (QED) is 0.802. The van der Waals surface area contributed by atoms with E-state index >= 15 is 0 Å². The van der Waals surface area contributed by atoms with Gasteiger partial charge in [0, 0.05) is 19.1 Å². The molecule has 1 aromatic carbocycles. The van der Waals surface area contributed by atoms with Gasteiger partial charge >= 0.3 is 0 Å². The topological polar surface area (TPSA) is 58.4 Å². The van der Waals surface area contributed by atoms with Crippen LogP contribution in [0.15, 0.2) is 30.3 Å². The van der Waals surface area contributed by atoms with Crippen molar-refractivity contribution in [1.29, 1.82) is 0 Å². The van der Waals surface area contributed by atoms with Crippen molar-refractivity contribution >= 4 is 18.3 Å². The first-order valence-electron chi connectivity index (χ1n) is 8.42. The number of hydrogen-bond donors (Lipinski definition) is 2. The molecule has 0 saturated carbocycles. The second kappa shape index (κ2) is 9.91. The largest absolute Gasteiger partial charge is 0.352 e. The number of nitrogens with zero attached hydrogens (tertiary/aromatic N) is 1. The van der Waals surface area contributed by atoms with E-state index in [-0.39, 0.29) is 30.4 Å². The first-order valence-corrected chi connectivity index (χ1v) is 8.42. The third-order valence-electron chi connectivity index (χ3n) is 4.57. The Bertz CT molecular complexity index is 469. The molecular formula is C18H30ClN3O. The molecule has 3 N–H and O–H groups in total. The molecule has 0 aliphatic carbocycles. The minimum absolute atomic E-state index is 0. The number of carbonyl (C=O) groups is 1. The highest BCUT2D eigenvalue weighted by Crippen LogP contribution is 2.21. The van der Waals surface area contributed by atoms with Gasteiger partial charge in [0.2, 0.25) is 5.91 Å². The van der Waals surface area contributed by atoms with Gasteiger partial charge in [-0.1, -0.05) is 43.7 Å². The van der Waals surface area contributed by atoms with Crippen molar-refractivity contribution in [2.24, 2.45) is 11.7 Å². The lowest BCUT2D eigenvalue weighted by atomic mass is 10.00. The van der Waals surface area contributed by atoms with Gasteiger partial charge in [-0.15, -0.1) is 12.4 Å². The van der Waals surface area contributed by atoms with E-state index in [1.165, 1.54) is 5.56 Å². The van der Waals surface area contributed by atoms with Crippen molar-refractivity contribution in [3.63, 3.8) is 0 Å². The zero-order chi connectivity index (χ0) is 15.9. The second-order valence-electron chi connectivity index (χ2n) is 6.46. The van der Waals surface area contributed by atoms with Gasteiger partial charge in [-0.3, -0.25) is 9.69 Å². The number of likely N-dealkylation sites (tertiary alicyclic amines) is 1. The van der Waals surface area contributed by atoms with E-state index < -0.39 is 0 Å². The third kappa shape index (κ3) is 6.13. The Morgan fingerprint density at radius 3 is 2.74 bits per heavy atom. The summed E-state index contributed by atoms with van der Waals surface area (Å²) in [5.74, 6) is 0.511. The fourth-order valence-electron chi connectivity index (χ4n) is 3.15. The predicted molar refractivity (Wildman–Crippen MR) is 97.6 cm³/mol. The number of carbonyl (C=O) groups excluding carboxylic acids is 1. The maximum absolute atomic E-state index is 12.0. The smallest absolute Gasteiger partial charge is 0.237 e. The van der Waals surface area contributed by atoms with Gasteiger partial charge in [0.15, 0.2) is 0 Å². The maximum atomic E-state index is 12.0. The van der Waals surface area contributed by atoms with Crippen LogP contribution in [0.25, 0.3) is 0 Å². The molecular weight excluding hydrogens is 310 g/mol. The van der Waals surface area contributed by atoms with E-state index in [1.54, 1.807) is 0 Å². The van der Waals surface area contributed by atoms with Gasteiger partial charge in [0.05, 0.1) is 6.04 Å². The summed E-state index contributed by atoms with van der Waals surface area (Å²) in [7, 11) is 0. The summed E-state index contributed by atoms with van der Waals surface area (Å²) in [6.45, 7) is 7.29. The molecule has 1 aliphatic heterocycles. The average Bonchev–Trinajstić information content (AvgIpc) is 2.97. The molecule has 1 saturated heterocycles. The summed E-state index contributed by atoms with van der Waals surface area (Å²) in [6.07, 6.45) is 2.83. The molecule has 1 aromatic rings. The zero-order valence-electron chi connectivity index (χ0n) is 14.2. The van der Waals surface area contributed by atoms with E-state index in [0.717, 1.165) is 38.9 Å². The Kier molecular flexibility index (Phi) is 8.59. The van der Waals surface area contributed by atoms with Crippen molar-refractivity contribution < 1.29 is 4.79 Å². The second-order valence-corrected chi connectivity index (χ2v) is 6.46. The molecule has 0 radical (unpaired) electrons. The van der Waals surface area contributed by atoms with E-state index in [4.69, 9.17) is 5.73 Å². The lowest BCUT2D eigenvalue weighted by Gasteiger charge is -2.23. The SMILES string of the molecule is CCCC(N)C(=O)NC(C)C1CCN(Cc2ccccc2)C1.Cl. The van der Waals surface area contributed by atoms with Crippen molar-refractivity contribution in [2.75, 3.05) is 13.1 Å². The average molecular weight is 340 g/mol. The first kappa shape index (κ1) is 19.9. The van der Waals surface area contributed by atoms with Crippen LogP contribution in [-0.2, 0) is 11.3 Å². The molecule has 0 bridgehead atoms. The van der Waals surface area contributed by atoms with Crippen LogP contribution in [0.5, 0.6) is 0 Å². The Morgan fingerprint density at radius 2 is 2.09 bits per heavy atom. The molecule has 2 rings (SSSR count). The molecule has 5 heteroatoms. The van der Waals surface area contributed by atoms with E-state index in [9.17, 15) is 4.79 Å². The summed E-state index contributed by atoms with van der Waals surface area (Å²) in [5.41, 5.74) is 7.23. The maximum Gasteiger partial charge on any atom is 0.237 e. The highest BCUT2D eigenvalue weighted by molar-refractivity contribution is 5.85. The molecule has 1 aliphatic rings. The van der Waals surface area contributed by atoms with Crippen LogP contribution in [0.2, 0.25) is 0 Å². The lowest BCUT2D eigenvalue weighted by molar-refractivity contribution is -0.123. The molecule has 1 fully saturated rings. The fourth-order valence-corrected chi connectivity index (χ4v) is 3.15. The highest BCUT2D eigenvalue weighted by Gasteiger charge is 2.28. The molecule has 0 aromatic heterocycles. The normalized spacial score (nSPS) is 20.6. The van der Waals surface area contributed by atoms with Gasteiger partial charge in [-0.05, 0) is 37.8 Å². The van der Waals surface area contributed by atoms with Crippen LogP contribution >= 0.6 is 12.4 Å². The molecule has 4 nitrogen and oxygen atoms in total. The monoisotopic (exact) mass is 339 g/mol. The standard InChI is InChI=1S/C18H29N3O.ClH/c1-3-7-17(19)18(22)20-14(2)16-10-11-21(13-16)12-15-8-5-4-6-9-15;/h4-6,8-9,14,16-17H,3,7,10-13,19H2,1-2H3,(H,20,22);1H. The number of benzene rings is 1. The molecule has 0 spiro atoms. The van der Waals surface area contributed by atoms with Crippen LogP contribution in [0, 0.1) is 5.92 Å². The van der Waals surface area contributed by atoms with Crippen molar-refractivity contribution in [3.05, 3.63) is 35.9 Å². The lowest BCUT2D eigenvalue weighted by Crippen LogP contribution is -2.47. The van der Waals surface area contributed by atoms with Crippen LogP contribution in [0.4, 0.5) is 0 Å². The van der Waals surface area contributed by atoms with Gasteiger partial charge in [0.25, 0.3) is 0 Å². The molecule has 3 unspecified atom stereocenters. The summed E-state index contributed by atoms with van der Waals surface area (Å²) >= 11 is 0. The number of amides is 1. The van der Waals surface area contributed by atoms with E-state index in [2.05, 4.69) is 48.3 Å². The van der Waals surface area contributed by atoms with Crippen molar-refractivity contribution in [3.8, 4) is 0 Å². The zero-order valence-corrected chi connectivity index (χ0v) is 15.0. The van der Waals surface area contributed by atoms with Gasteiger partial charge < -0.3 is 11.1 Å². The van der Waals surface area contributed by atoms with Crippen molar-refractivity contribution in [2.45, 2.75) is 51.7 Å². The van der Waals surface area contributed by atoms with Crippen LogP contribution in [-0.4, -0.2) is 36.0 Å². The Labute approximate surface area is 146 Å². The number of nitrogens with two attached hydrogens (primary N) is 1. The fraction of sp³-hybridized carbons (Fsp3) is 0.611. The van der Waals surface area contributed by atoms with E-state index in [0.29, 0.717) is 5.92 Å². The molecule has 1 amide bonds.